The predicted molar refractivity (Wildman–Crippen MR) is 230 cm³/mol. The second-order valence-corrected chi connectivity index (χ2v) is 15.9. The van der Waals surface area contributed by atoms with E-state index in [2.05, 4.69) is 189 Å². The molecule has 2 aliphatic carbocycles. The molecule has 0 radical (unpaired) electrons. The SMILES string of the molecule is CC1(C)c2ccccc2-c2c(-c3ccc(N(c4ccc5ccccc5c4)c4ccccc4-c4cccc5cccc(C6CCCCC6)c45)cc3)cccc21. The van der Waals surface area contributed by atoms with Crippen molar-refractivity contribution < 1.29 is 0 Å². The van der Waals surface area contributed by atoms with Gasteiger partial charge in [0, 0.05) is 22.4 Å². The summed E-state index contributed by atoms with van der Waals surface area (Å²) in [5.41, 5.74) is 15.6. The first-order chi connectivity index (χ1) is 26.6. The van der Waals surface area contributed by atoms with Crippen LogP contribution in [0.2, 0.25) is 0 Å². The van der Waals surface area contributed by atoms with Crippen LogP contribution in [0.25, 0.3) is 54.9 Å². The van der Waals surface area contributed by atoms with Gasteiger partial charge in [-0.15, -0.1) is 0 Å². The molecule has 0 N–H and O–H groups in total. The second-order valence-electron chi connectivity index (χ2n) is 15.9. The smallest absolute Gasteiger partial charge is 0.0540 e. The van der Waals surface area contributed by atoms with E-state index in [1.807, 2.05) is 0 Å². The standard InChI is InChI=1S/C53H45N/c1-53(2)48-26-10-8-22-47(48)52-44(24-14-27-49(52)53)38-30-32-41(33-31-38)54(42-34-29-36-15-6-7-18-40(36)35-42)50-28-11-9-21-45(50)46-25-13-20-39-19-12-23-43(51(39)46)37-16-4-3-5-17-37/h6-15,18-35,37H,3-5,16-17H2,1-2H3. The molecular weight excluding hydrogens is 651 g/mol. The van der Waals surface area contributed by atoms with Gasteiger partial charge in [0.05, 0.1) is 5.69 Å². The van der Waals surface area contributed by atoms with Gasteiger partial charge in [-0.25, -0.2) is 0 Å². The summed E-state index contributed by atoms with van der Waals surface area (Å²) in [6, 6.07) is 63.6. The van der Waals surface area contributed by atoms with Gasteiger partial charge in [-0.1, -0.05) is 173 Å². The molecule has 0 aromatic heterocycles. The Hall–Kier alpha value is -5.92. The first-order valence-electron chi connectivity index (χ1n) is 19.8. The van der Waals surface area contributed by atoms with Crippen molar-refractivity contribution in [3.8, 4) is 33.4 Å². The summed E-state index contributed by atoms with van der Waals surface area (Å²) < 4.78 is 0. The summed E-state index contributed by atoms with van der Waals surface area (Å²) in [6.45, 7) is 4.72. The zero-order valence-corrected chi connectivity index (χ0v) is 31.2. The van der Waals surface area contributed by atoms with E-state index in [9.17, 15) is 0 Å². The zero-order valence-electron chi connectivity index (χ0n) is 31.2. The Morgan fingerprint density at radius 1 is 0.463 bits per heavy atom. The van der Waals surface area contributed by atoms with Gasteiger partial charge in [-0.05, 0) is 115 Å². The van der Waals surface area contributed by atoms with Crippen LogP contribution < -0.4 is 4.90 Å². The van der Waals surface area contributed by atoms with Gasteiger partial charge in [0.25, 0.3) is 0 Å². The molecule has 1 nitrogen and oxygen atoms in total. The Labute approximate surface area is 319 Å². The van der Waals surface area contributed by atoms with E-state index in [1.165, 1.54) is 109 Å². The van der Waals surface area contributed by atoms with Crippen LogP contribution in [0.3, 0.4) is 0 Å². The number of hydrogen-bond donors (Lipinski definition) is 0. The van der Waals surface area contributed by atoms with Crippen LogP contribution in [0, 0.1) is 0 Å². The molecule has 262 valence electrons. The van der Waals surface area contributed by atoms with E-state index in [0.717, 1.165) is 11.4 Å². The number of rotatable bonds is 6. The maximum Gasteiger partial charge on any atom is 0.0540 e. The number of para-hydroxylation sites is 1. The first-order valence-corrected chi connectivity index (χ1v) is 19.8. The summed E-state index contributed by atoms with van der Waals surface area (Å²) in [5.74, 6) is 0.608. The molecule has 0 unspecified atom stereocenters. The van der Waals surface area contributed by atoms with Gasteiger partial charge in [-0.3, -0.25) is 0 Å². The second kappa shape index (κ2) is 13.2. The van der Waals surface area contributed by atoms with Crippen LogP contribution >= 0.6 is 0 Å². The fourth-order valence-corrected chi connectivity index (χ4v) is 9.77. The normalized spacial score (nSPS) is 14.9. The molecule has 1 saturated carbocycles. The minimum atomic E-state index is -0.0308. The molecule has 0 amide bonds. The lowest BCUT2D eigenvalue weighted by Gasteiger charge is -2.29. The molecule has 2 aliphatic rings. The van der Waals surface area contributed by atoms with Crippen molar-refractivity contribution in [1.29, 1.82) is 0 Å². The van der Waals surface area contributed by atoms with Crippen LogP contribution in [0.15, 0.2) is 170 Å². The largest absolute Gasteiger partial charge is 0.310 e. The quantitative estimate of drug-likeness (QED) is 0.167. The van der Waals surface area contributed by atoms with Gasteiger partial charge in [0.2, 0.25) is 0 Å². The van der Waals surface area contributed by atoms with Gasteiger partial charge in [-0.2, -0.15) is 0 Å². The highest BCUT2D eigenvalue weighted by Crippen LogP contribution is 2.52. The van der Waals surface area contributed by atoms with Crippen molar-refractivity contribution in [3.05, 3.63) is 187 Å². The summed E-state index contributed by atoms with van der Waals surface area (Å²) in [7, 11) is 0. The van der Waals surface area contributed by atoms with Gasteiger partial charge < -0.3 is 4.90 Å². The molecule has 54 heavy (non-hydrogen) atoms. The Balaban J connectivity index is 1.15. The summed E-state index contributed by atoms with van der Waals surface area (Å²) >= 11 is 0. The highest BCUT2D eigenvalue weighted by molar-refractivity contribution is 6.04. The highest BCUT2D eigenvalue weighted by atomic mass is 15.1. The maximum atomic E-state index is 2.47. The van der Waals surface area contributed by atoms with Crippen molar-refractivity contribution in [2.75, 3.05) is 4.90 Å². The van der Waals surface area contributed by atoms with E-state index in [0.29, 0.717) is 5.92 Å². The molecule has 1 heteroatoms. The van der Waals surface area contributed by atoms with Gasteiger partial charge in [0.1, 0.15) is 0 Å². The van der Waals surface area contributed by atoms with Gasteiger partial charge in [0.15, 0.2) is 0 Å². The maximum absolute atomic E-state index is 2.47. The highest BCUT2D eigenvalue weighted by Gasteiger charge is 2.36. The van der Waals surface area contributed by atoms with Crippen LogP contribution in [-0.4, -0.2) is 0 Å². The third kappa shape index (κ3) is 5.37. The Bertz CT molecular complexity index is 2670. The van der Waals surface area contributed by atoms with E-state index >= 15 is 0 Å². The zero-order chi connectivity index (χ0) is 36.2. The number of benzene rings is 8. The van der Waals surface area contributed by atoms with Crippen LogP contribution in [0.1, 0.15) is 68.6 Å². The lowest BCUT2D eigenvalue weighted by atomic mass is 9.80. The van der Waals surface area contributed by atoms with Crippen molar-refractivity contribution in [3.63, 3.8) is 0 Å². The summed E-state index contributed by atoms with van der Waals surface area (Å²) in [4.78, 5) is 2.47. The van der Waals surface area contributed by atoms with Crippen molar-refractivity contribution >= 4 is 38.6 Å². The van der Waals surface area contributed by atoms with E-state index in [4.69, 9.17) is 0 Å². The fraction of sp³-hybridized carbons (Fsp3) is 0.170. The molecule has 0 aliphatic heterocycles. The average Bonchev–Trinajstić information content (AvgIpc) is 3.47. The van der Waals surface area contributed by atoms with Gasteiger partial charge >= 0.3 is 0 Å². The number of anilines is 3. The lowest BCUT2D eigenvalue weighted by Crippen LogP contribution is -2.14. The predicted octanol–water partition coefficient (Wildman–Crippen LogP) is 15.2. The molecule has 8 aromatic carbocycles. The van der Waals surface area contributed by atoms with Crippen molar-refractivity contribution in [2.24, 2.45) is 0 Å². The van der Waals surface area contributed by atoms with Crippen LogP contribution in [0.4, 0.5) is 17.1 Å². The lowest BCUT2D eigenvalue weighted by molar-refractivity contribution is 0.445. The van der Waals surface area contributed by atoms with E-state index in [-0.39, 0.29) is 5.41 Å². The Morgan fingerprint density at radius 3 is 1.91 bits per heavy atom. The Morgan fingerprint density at radius 2 is 1.07 bits per heavy atom. The first kappa shape index (κ1) is 32.7. The Kier molecular flexibility index (Phi) is 7.99. The summed E-state index contributed by atoms with van der Waals surface area (Å²) in [6.07, 6.45) is 6.55. The molecule has 0 spiro atoms. The number of hydrogen-bond acceptors (Lipinski definition) is 1. The molecular formula is C53H45N. The number of nitrogens with zero attached hydrogens (tertiary/aromatic N) is 1. The van der Waals surface area contributed by atoms with Crippen LogP contribution in [0.5, 0.6) is 0 Å². The third-order valence-electron chi connectivity index (χ3n) is 12.5. The van der Waals surface area contributed by atoms with Crippen LogP contribution in [-0.2, 0) is 5.41 Å². The molecule has 0 atom stereocenters. The molecule has 0 saturated heterocycles. The minimum absolute atomic E-state index is 0.0308. The summed E-state index contributed by atoms with van der Waals surface area (Å²) in [5, 5.41) is 5.22. The minimum Gasteiger partial charge on any atom is -0.310 e. The van der Waals surface area contributed by atoms with Crippen molar-refractivity contribution in [1.82, 2.24) is 0 Å². The topological polar surface area (TPSA) is 3.24 Å². The fourth-order valence-electron chi connectivity index (χ4n) is 9.77. The van der Waals surface area contributed by atoms with E-state index in [1.54, 1.807) is 0 Å². The van der Waals surface area contributed by atoms with Crippen molar-refractivity contribution in [2.45, 2.75) is 57.3 Å². The molecule has 0 heterocycles. The molecule has 0 bridgehead atoms. The monoisotopic (exact) mass is 695 g/mol. The molecule has 1 fully saturated rings. The number of fused-ring (bicyclic) bond motifs is 5. The van der Waals surface area contributed by atoms with E-state index < -0.39 is 0 Å². The molecule has 10 rings (SSSR count). The third-order valence-corrected chi connectivity index (χ3v) is 12.5. The molecule has 8 aromatic rings. The average molecular weight is 696 g/mol.